The van der Waals surface area contributed by atoms with E-state index in [4.69, 9.17) is 4.74 Å². The topological polar surface area (TPSA) is 105 Å². The van der Waals surface area contributed by atoms with Gasteiger partial charge < -0.3 is 15.0 Å². The maximum absolute atomic E-state index is 12.9. The first-order valence-electron chi connectivity index (χ1n) is 8.98. The van der Waals surface area contributed by atoms with Crippen molar-refractivity contribution < 1.29 is 22.7 Å². The average molecular weight is 420 g/mol. The Morgan fingerprint density at radius 1 is 1.10 bits per heavy atom. The fraction of sp³-hybridized carbons (Fsp3) is 0.300. The number of amides is 2. The highest BCUT2D eigenvalue weighted by molar-refractivity contribution is 7.92. The van der Waals surface area contributed by atoms with E-state index in [2.05, 4.69) is 10.0 Å². The van der Waals surface area contributed by atoms with Gasteiger partial charge in [0.25, 0.3) is 5.91 Å². The summed E-state index contributed by atoms with van der Waals surface area (Å²) >= 11 is 0. The number of nitrogens with zero attached hydrogens (tertiary/aromatic N) is 1. The van der Waals surface area contributed by atoms with Crippen LogP contribution in [-0.2, 0) is 14.8 Å². The number of anilines is 2. The molecule has 2 amide bonds. The fourth-order valence-electron chi connectivity index (χ4n) is 2.61. The van der Waals surface area contributed by atoms with Crippen LogP contribution in [-0.4, -0.2) is 51.6 Å². The third-order valence-electron chi connectivity index (χ3n) is 3.86. The zero-order valence-corrected chi connectivity index (χ0v) is 17.5. The van der Waals surface area contributed by atoms with Crippen molar-refractivity contribution in [2.45, 2.75) is 13.3 Å². The van der Waals surface area contributed by atoms with E-state index in [1.807, 2.05) is 30.3 Å². The number of hydrogen-bond donors (Lipinski definition) is 2. The van der Waals surface area contributed by atoms with Gasteiger partial charge in [-0.1, -0.05) is 18.2 Å². The van der Waals surface area contributed by atoms with Crippen molar-refractivity contribution in [2.24, 2.45) is 0 Å². The molecule has 0 heterocycles. The van der Waals surface area contributed by atoms with Crippen molar-refractivity contribution in [3.8, 4) is 5.75 Å². The molecule has 2 N–H and O–H groups in total. The molecule has 156 valence electrons. The molecule has 0 aliphatic carbocycles. The summed E-state index contributed by atoms with van der Waals surface area (Å²) in [5.41, 5.74) is 0.702. The molecule has 0 saturated heterocycles. The maximum atomic E-state index is 12.9. The largest absolute Gasteiger partial charge is 0.494 e. The van der Waals surface area contributed by atoms with Crippen molar-refractivity contribution in [3.63, 3.8) is 0 Å². The zero-order valence-electron chi connectivity index (χ0n) is 16.6. The lowest BCUT2D eigenvalue weighted by molar-refractivity contribution is -0.114. The highest BCUT2D eigenvalue weighted by Crippen LogP contribution is 2.23. The van der Waals surface area contributed by atoms with Crippen LogP contribution in [0, 0.1) is 0 Å². The van der Waals surface area contributed by atoms with Crippen molar-refractivity contribution in [1.82, 2.24) is 4.90 Å². The minimum Gasteiger partial charge on any atom is -0.494 e. The molecule has 0 fully saturated rings. The summed E-state index contributed by atoms with van der Waals surface area (Å²) in [4.78, 5) is 25.7. The second-order valence-corrected chi connectivity index (χ2v) is 8.31. The van der Waals surface area contributed by atoms with Crippen LogP contribution in [0.3, 0.4) is 0 Å². The predicted molar refractivity (Wildman–Crippen MR) is 113 cm³/mol. The average Bonchev–Trinajstić information content (AvgIpc) is 2.65. The Labute approximate surface area is 170 Å². The third kappa shape index (κ3) is 7.46. The van der Waals surface area contributed by atoms with Gasteiger partial charge in [0, 0.05) is 26.2 Å². The molecular weight excluding hydrogens is 394 g/mol. The molecule has 0 spiro atoms. The standard InChI is InChI=1S/C20H25N3O5S/c1-15(24)21-16-10-11-19(22-29(3,26)27)18(14-16)20(25)23(2)12-7-13-28-17-8-5-4-6-9-17/h4-6,8-11,14,22H,7,12-13H2,1-3H3,(H,21,24). The predicted octanol–water partition coefficient (Wildman–Crippen LogP) is 2.56. The summed E-state index contributed by atoms with van der Waals surface area (Å²) in [6, 6.07) is 13.8. The monoisotopic (exact) mass is 419 g/mol. The molecule has 0 atom stereocenters. The Morgan fingerprint density at radius 3 is 2.41 bits per heavy atom. The molecule has 0 radical (unpaired) electrons. The molecular formula is C20H25N3O5S. The molecule has 2 aromatic carbocycles. The minimum atomic E-state index is -3.57. The fourth-order valence-corrected chi connectivity index (χ4v) is 3.18. The summed E-state index contributed by atoms with van der Waals surface area (Å²) in [5.74, 6) is 0.0887. The Bertz CT molecular complexity index is 961. The van der Waals surface area contributed by atoms with E-state index in [1.54, 1.807) is 7.05 Å². The van der Waals surface area contributed by atoms with E-state index < -0.39 is 10.0 Å². The van der Waals surface area contributed by atoms with E-state index in [0.29, 0.717) is 25.3 Å². The van der Waals surface area contributed by atoms with Crippen LogP contribution in [0.4, 0.5) is 11.4 Å². The third-order valence-corrected chi connectivity index (χ3v) is 4.45. The second kappa shape index (κ2) is 9.92. The molecule has 29 heavy (non-hydrogen) atoms. The first kappa shape index (κ1) is 22.2. The molecule has 8 nitrogen and oxygen atoms in total. The van der Waals surface area contributed by atoms with Crippen molar-refractivity contribution in [1.29, 1.82) is 0 Å². The summed E-state index contributed by atoms with van der Waals surface area (Å²) < 4.78 is 31.2. The second-order valence-electron chi connectivity index (χ2n) is 6.56. The van der Waals surface area contributed by atoms with Gasteiger partial charge in [-0.25, -0.2) is 8.42 Å². The number of sulfonamides is 1. The van der Waals surface area contributed by atoms with Crippen LogP contribution in [0.2, 0.25) is 0 Å². The number of nitrogens with one attached hydrogen (secondary N) is 2. The Kier molecular flexibility index (Phi) is 7.60. The molecule has 0 unspecified atom stereocenters. The molecule has 0 aliphatic heterocycles. The van der Waals surface area contributed by atoms with E-state index in [0.717, 1.165) is 12.0 Å². The normalized spacial score (nSPS) is 10.9. The SMILES string of the molecule is CC(=O)Nc1ccc(NS(C)(=O)=O)c(C(=O)N(C)CCCOc2ccccc2)c1. The molecule has 0 aromatic heterocycles. The molecule has 2 aromatic rings. The Hall–Kier alpha value is -3.07. The van der Waals surface area contributed by atoms with Crippen molar-refractivity contribution in [3.05, 3.63) is 54.1 Å². The summed E-state index contributed by atoms with van der Waals surface area (Å²) in [7, 11) is -1.95. The van der Waals surface area contributed by atoms with Gasteiger partial charge >= 0.3 is 0 Å². The van der Waals surface area contributed by atoms with Gasteiger partial charge in [0.1, 0.15) is 5.75 Å². The number of para-hydroxylation sites is 1. The lowest BCUT2D eigenvalue weighted by Gasteiger charge is -2.20. The van der Waals surface area contributed by atoms with Gasteiger partial charge in [0.2, 0.25) is 15.9 Å². The molecule has 0 aliphatic rings. The van der Waals surface area contributed by atoms with Crippen molar-refractivity contribution >= 4 is 33.2 Å². The number of hydrogen-bond acceptors (Lipinski definition) is 5. The highest BCUT2D eigenvalue weighted by Gasteiger charge is 2.19. The highest BCUT2D eigenvalue weighted by atomic mass is 32.2. The first-order chi connectivity index (χ1) is 13.7. The Morgan fingerprint density at radius 2 is 1.79 bits per heavy atom. The first-order valence-corrected chi connectivity index (χ1v) is 10.9. The smallest absolute Gasteiger partial charge is 0.255 e. The van der Waals surface area contributed by atoms with Gasteiger partial charge in [-0.2, -0.15) is 0 Å². The van der Waals surface area contributed by atoms with Crippen LogP contribution in [0.15, 0.2) is 48.5 Å². The van der Waals surface area contributed by atoms with Crippen LogP contribution in [0.1, 0.15) is 23.7 Å². The molecule has 9 heteroatoms. The van der Waals surface area contributed by atoms with E-state index in [-0.39, 0.29) is 23.1 Å². The number of rotatable bonds is 9. The zero-order chi connectivity index (χ0) is 21.4. The van der Waals surface area contributed by atoms with E-state index in [1.165, 1.54) is 30.0 Å². The number of benzene rings is 2. The number of ether oxygens (including phenoxy) is 1. The summed E-state index contributed by atoms with van der Waals surface area (Å²) in [5, 5.41) is 2.59. The van der Waals surface area contributed by atoms with Gasteiger partial charge in [0.05, 0.1) is 24.1 Å². The van der Waals surface area contributed by atoms with Crippen molar-refractivity contribution in [2.75, 3.05) is 36.5 Å². The molecule has 2 rings (SSSR count). The number of carbonyl (C=O) groups is 2. The lowest BCUT2D eigenvalue weighted by atomic mass is 10.1. The van der Waals surface area contributed by atoms with Gasteiger partial charge in [-0.15, -0.1) is 0 Å². The summed E-state index contributed by atoms with van der Waals surface area (Å²) in [6.45, 7) is 2.19. The van der Waals surface area contributed by atoms with Crippen LogP contribution in [0.25, 0.3) is 0 Å². The van der Waals surface area contributed by atoms with Gasteiger partial charge in [-0.05, 0) is 36.8 Å². The van der Waals surface area contributed by atoms with Gasteiger partial charge in [-0.3, -0.25) is 14.3 Å². The van der Waals surface area contributed by atoms with E-state index in [9.17, 15) is 18.0 Å². The number of carbonyl (C=O) groups excluding carboxylic acids is 2. The minimum absolute atomic E-state index is 0.146. The van der Waals surface area contributed by atoms with Gasteiger partial charge in [0.15, 0.2) is 0 Å². The van der Waals surface area contributed by atoms with E-state index >= 15 is 0 Å². The maximum Gasteiger partial charge on any atom is 0.255 e. The van der Waals surface area contributed by atoms with Crippen LogP contribution < -0.4 is 14.8 Å². The van der Waals surface area contributed by atoms with Crippen LogP contribution >= 0.6 is 0 Å². The molecule has 0 saturated carbocycles. The Balaban J connectivity index is 2.08. The van der Waals surface area contributed by atoms with Crippen LogP contribution in [0.5, 0.6) is 5.75 Å². The quantitative estimate of drug-likeness (QED) is 0.608. The summed E-state index contributed by atoms with van der Waals surface area (Å²) in [6.07, 6.45) is 1.60. The lowest BCUT2D eigenvalue weighted by Crippen LogP contribution is -2.30. The molecule has 0 bridgehead atoms.